The molecule has 28 heavy (non-hydrogen) atoms. The van der Waals surface area contributed by atoms with Gasteiger partial charge in [0.1, 0.15) is 0 Å². The van der Waals surface area contributed by atoms with Crippen molar-refractivity contribution in [1.29, 1.82) is 0 Å². The number of nitrogens with one attached hydrogen (secondary N) is 1. The minimum absolute atomic E-state index is 0.0826. The molecule has 0 saturated carbocycles. The van der Waals surface area contributed by atoms with Crippen LogP contribution in [0, 0.1) is 0 Å². The summed E-state index contributed by atoms with van der Waals surface area (Å²) in [5.41, 5.74) is 0.661. The van der Waals surface area contributed by atoms with Crippen molar-refractivity contribution in [2.24, 2.45) is 4.99 Å². The van der Waals surface area contributed by atoms with E-state index in [2.05, 4.69) is 26.2 Å². The molecule has 1 heterocycles. The Kier molecular flexibility index (Phi) is 5.32. The van der Waals surface area contributed by atoms with Crippen LogP contribution in [0.1, 0.15) is 36.5 Å². The van der Waals surface area contributed by atoms with Crippen molar-refractivity contribution in [2.75, 3.05) is 14.1 Å². The first kappa shape index (κ1) is 20.5. The average molecular weight is 450 g/mol. The van der Waals surface area contributed by atoms with E-state index in [1.807, 2.05) is 31.2 Å². The number of rotatable bonds is 3. The Morgan fingerprint density at radius 1 is 1.21 bits per heavy atom. The second-order valence-electron chi connectivity index (χ2n) is 7.23. The first-order valence-electron chi connectivity index (χ1n) is 8.85. The summed E-state index contributed by atoms with van der Waals surface area (Å²) in [5, 5.41) is 3.38. The summed E-state index contributed by atoms with van der Waals surface area (Å²) >= 11 is 3.48. The fraction of sp³-hybridized carbons (Fsp3) is 0.333. The van der Waals surface area contributed by atoms with Crippen molar-refractivity contribution in [3.63, 3.8) is 0 Å². The smallest absolute Gasteiger partial charge is 0.270 e. The first-order chi connectivity index (χ1) is 13.1. The normalized spacial score (nSPS) is 24.4. The Morgan fingerprint density at radius 2 is 1.86 bits per heavy atom. The zero-order chi connectivity index (χ0) is 20.7. The van der Waals surface area contributed by atoms with Crippen LogP contribution in [0.15, 0.2) is 58.0 Å². The lowest BCUT2D eigenvalue weighted by molar-refractivity contribution is -0.131. The van der Waals surface area contributed by atoms with Crippen LogP contribution < -0.4 is 5.32 Å². The van der Waals surface area contributed by atoms with Crippen molar-refractivity contribution in [2.45, 2.75) is 31.2 Å². The highest BCUT2D eigenvalue weighted by atomic mass is 79.9. The number of hydrogen-bond donors (Lipinski definition) is 1. The Hall–Kier alpha value is -2.28. The fourth-order valence-electron chi connectivity index (χ4n) is 3.63. The van der Waals surface area contributed by atoms with Gasteiger partial charge in [-0.1, -0.05) is 52.3 Å². The van der Waals surface area contributed by atoms with E-state index in [4.69, 9.17) is 0 Å². The summed E-state index contributed by atoms with van der Waals surface area (Å²) in [4.78, 5) is 19.0. The van der Waals surface area contributed by atoms with Crippen LogP contribution in [0.2, 0.25) is 0 Å². The van der Waals surface area contributed by atoms with Gasteiger partial charge in [-0.15, -0.1) is 0 Å². The quantitative estimate of drug-likeness (QED) is 0.743. The first-order valence-corrected chi connectivity index (χ1v) is 9.64. The van der Waals surface area contributed by atoms with Crippen LogP contribution in [0.3, 0.4) is 0 Å². The number of amides is 1. The van der Waals surface area contributed by atoms with Crippen LogP contribution in [0.25, 0.3) is 0 Å². The van der Waals surface area contributed by atoms with Gasteiger partial charge in [0.15, 0.2) is 0 Å². The van der Waals surface area contributed by atoms with Crippen molar-refractivity contribution in [3.8, 4) is 0 Å². The lowest BCUT2D eigenvalue weighted by atomic mass is 9.73. The molecule has 2 atom stereocenters. The van der Waals surface area contributed by atoms with Gasteiger partial charge in [-0.25, -0.2) is 8.78 Å². The number of nitrogens with zero attached hydrogens (tertiary/aromatic N) is 2. The predicted octanol–water partition coefficient (Wildman–Crippen LogP) is 4.61. The topological polar surface area (TPSA) is 44.7 Å². The molecule has 1 aliphatic rings. The van der Waals surface area contributed by atoms with Crippen molar-refractivity contribution in [3.05, 3.63) is 69.7 Å². The standard InChI is InChI=1S/C21H22BrF2N3O/c1-20(15-6-5-7-16(22)12-15)17(18(28)27(4)19(25-3)26-20)13-8-10-14(11-9-13)21(2,23)24/h5-12,17H,1-4H3,(H,25,26)/t17?,20-/m1/s1. The van der Waals surface area contributed by atoms with Crippen molar-refractivity contribution in [1.82, 2.24) is 10.2 Å². The molecule has 0 aromatic heterocycles. The lowest BCUT2D eigenvalue weighted by Crippen LogP contribution is -2.62. The third-order valence-corrected chi connectivity index (χ3v) is 5.72. The largest absolute Gasteiger partial charge is 0.345 e. The number of aliphatic imine (C=N–C) groups is 1. The minimum Gasteiger partial charge on any atom is -0.345 e. The van der Waals surface area contributed by atoms with E-state index < -0.39 is 17.4 Å². The molecule has 2 aromatic rings. The number of likely N-dealkylation sites (N-methyl/N-ethyl adjacent to an activating group) is 1. The molecule has 148 valence electrons. The molecular formula is C21H22BrF2N3O. The van der Waals surface area contributed by atoms with Gasteiger partial charge >= 0.3 is 0 Å². The number of benzene rings is 2. The van der Waals surface area contributed by atoms with E-state index in [-0.39, 0.29) is 11.5 Å². The average Bonchev–Trinajstić information content (AvgIpc) is 2.64. The highest BCUT2D eigenvalue weighted by Crippen LogP contribution is 2.42. The van der Waals surface area contributed by atoms with Gasteiger partial charge < -0.3 is 5.32 Å². The van der Waals surface area contributed by atoms with Gasteiger partial charge in [0.05, 0.1) is 11.5 Å². The molecular weight excluding hydrogens is 428 g/mol. The monoisotopic (exact) mass is 449 g/mol. The molecule has 0 aliphatic carbocycles. The molecule has 0 spiro atoms. The SMILES string of the molecule is CN=C1N[C@](C)(c2cccc(Br)c2)C(c2ccc(C(C)(F)F)cc2)C(=O)N1C. The molecule has 0 bridgehead atoms. The number of alkyl halides is 2. The molecule has 7 heteroatoms. The second kappa shape index (κ2) is 7.28. The Bertz CT molecular complexity index is 924. The maximum absolute atomic E-state index is 13.6. The van der Waals surface area contributed by atoms with Gasteiger partial charge in [0.2, 0.25) is 11.9 Å². The molecule has 1 saturated heterocycles. The highest BCUT2D eigenvalue weighted by Gasteiger charge is 2.48. The summed E-state index contributed by atoms with van der Waals surface area (Å²) in [6.07, 6.45) is 0. The Balaban J connectivity index is 2.15. The predicted molar refractivity (Wildman–Crippen MR) is 110 cm³/mol. The summed E-state index contributed by atoms with van der Waals surface area (Å²) < 4.78 is 28.1. The molecule has 1 aliphatic heterocycles. The summed E-state index contributed by atoms with van der Waals surface area (Å²) in [6, 6.07) is 13.7. The number of carbonyl (C=O) groups excluding carboxylic acids is 1. The van der Waals surface area contributed by atoms with Crippen LogP contribution in [-0.2, 0) is 16.3 Å². The minimum atomic E-state index is -2.93. The zero-order valence-corrected chi connectivity index (χ0v) is 17.7. The molecule has 1 fully saturated rings. The summed E-state index contributed by atoms with van der Waals surface area (Å²) in [6.45, 7) is 2.79. The molecule has 0 radical (unpaired) electrons. The van der Waals surface area contributed by atoms with Gasteiger partial charge in [-0.3, -0.25) is 14.7 Å². The Labute approximate surface area is 171 Å². The van der Waals surface area contributed by atoms with Gasteiger partial charge in [0.25, 0.3) is 5.92 Å². The number of halogens is 3. The third kappa shape index (κ3) is 3.55. The van der Waals surface area contributed by atoms with E-state index >= 15 is 0 Å². The van der Waals surface area contributed by atoms with Gasteiger partial charge in [-0.2, -0.15) is 0 Å². The van der Waals surface area contributed by atoms with Crippen molar-refractivity contribution < 1.29 is 13.6 Å². The van der Waals surface area contributed by atoms with E-state index in [0.717, 1.165) is 17.0 Å². The highest BCUT2D eigenvalue weighted by molar-refractivity contribution is 9.10. The van der Waals surface area contributed by atoms with Crippen LogP contribution in [-0.4, -0.2) is 30.9 Å². The third-order valence-electron chi connectivity index (χ3n) is 5.23. The summed E-state index contributed by atoms with van der Waals surface area (Å²) in [5.74, 6) is -3.24. The van der Waals surface area contributed by atoms with E-state index in [1.54, 1.807) is 26.2 Å². The van der Waals surface area contributed by atoms with E-state index in [0.29, 0.717) is 11.5 Å². The number of guanidine groups is 1. The van der Waals surface area contributed by atoms with Gasteiger partial charge in [-0.05, 0) is 30.2 Å². The van der Waals surface area contributed by atoms with E-state index in [1.165, 1.54) is 17.0 Å². The van der Waals surface area contributed by atoms with Gasteiger partial charge in [0, 0.05) is 31.1 Å². The lowest BCUT2D eigenvalue weighted by Gasteiger charge is -2.46. The van der Waals surface area contributed by atoms with E-state index in [9.17, 15) is 13.6 Å². The second-order valence-corrected chi connectivity index (χ2v) is 8.14. The fourth-order valence-corrected chi connectivity index (χ4v) is 4.03. The molecule has 1 unspecified atom stereocenters. The van der Waals surface area contributed by atoms with Crippen molar-refractivity contribution >= 4 is 27.8 Å². The molecule has 3 rings (SSSR count). The number of hydrogen-bond acceptors (Lipinski definition) is 2. The van der Waals surface area contributed by atoms with Crippen LogP contribution in [0.5, 0.6) is 0 Å². The number of carbonyl (C=O) groups is 1. The maximum Gasteiger partial charge on any atom is 0.270 e. The van der Waals surface area contributed by atoms with Crippen LogP contribution in [0.4, 0.5) is 8.78 Å². The molecule has 1 N–H and O–H groups in total. The Morgan fingerprint density at radius 3 is 2.39 bits per heavy atom. The molecule has 1 amide bonds. The van der Waals surface area contributed by atoms with Crippen LogP contribution >= 0.6 is 15.9 Å². The molecule has 4 nitrogen and oxygen atoms in total. The summed E-state index contributed by atoms with van der Waals surface area (Å²) in [7, 11) is 3.27. The molecule has 2 aromatic carbocycles. The zero-order valence-electron chi connectivity index (χ0n) is 16.1. The maximum atomic E-state index is 13.6.